The van der Waals surface area contributed by atoms with Crippen LogP contribution in [0.15, 0.2) is 48.5 Å². The lowest BCUT2D eigenvalue weighted by molar-refractivity contribution is 0.102. The average molecular weight is 266 g/mol. The molecule has 0 saturated carbocycles. The van der Waals surface area contributed by atoms with Crippen molar-refractivity contribution in [3.05, 3.63) is 54.1 Å². The van der Waals surface area contributed by atoms with Gasteiger partial charge in [0.25, 0.3) is 5.91 Å². The summed E-state index contributed by atoms with van der Waals surface area (Å²) in [6.07, 6.45) is 0. The highest BCUT2D eigenvalue weighted by atomic mass is 16.1. The standard InChI is InChI=1S/C15H14N4O/c1-19-13-5-3-2-4-12(13)17-15(19)18-14(20)10-6-8-11(16)9-7-10/h2-9H,16H2,1H3,(H,17,18,20). The van der Waals surface area contributed by atoms with Crippen LogP contribution in [0.5, 0.6) is 0 Å². The first-order valence-electron chi connectivity index (χ1n) is 6.23. The fourth-order valence-corrected chi connectivity index (χ4v) is 2.07. The highest BCUT2D eigenvalue weighted by Crippen LogP contribution is 2.18. The Hall–Kier alpha value is -2.82. The summed E-state index contributed by atoms with van der Waals surface area (Å²) in [5.74, 6) is 0.316. The van der Waals surface area contributed by atoms with Gasteiger partial charge in [-0.25, -0.2) is 4.98 Å². The number of nitrogen functional groups attached to an aromatic ring is 1. The molecule has 2 aromatic carbocycles. The number of hydrogen-bond acceptors (Lipinski definition) is 3. The van der Waals surface area contributed by atoms with E-state index in [0.717, 1.165) is 11.0 Å². The Balaban J connectivity index is 1.91. The predicted octanol–water partition coefficient (Wildman–Crippen LogP) is 2.41. The summed E-state index contributed by atoms with van der Waals surface area (Å²) in [4.78, 5) is 16.6. The van der Waals surface area contributed by atoms with E-state index in [-0.39, 0.29) is 5.91 Å². The molecule has 0 saturated heterocycles. The van der Waals surface area contributed by atoms with Crippen molar-refractivity contribution >= 4 is 28.6 Å². The molecule has 0 radical (unpaired) electrons. The molecule has 0 aliphatic carbocycles. The van der Waals surface area contributed by atoms with Crippen molar-refractivity contribution in [2.45, 2.75) is 0 Å². The normalized spacial score (nSPS) is 10.7. The van der Waals surface area contributed by atoms with Gasteiger partial charge in [-0.2, -0.15) is 0 Å². The van der Waals surface area contributed by atoms with Crippen molar-refractivity contribution in [1.29, 1.82) is 0 Å². The van der Waals surface area contributed by atoms with E-state index in [1.54, 1.807) is 24.3 Å². The van der Waals surface area contributed by atoms with E-state index in [9.17, 15) is 4.79 Å². The molecule has 0 unspecified atom stereocenters. The number of aryl methyl sites for hydroxylation is 1. The third-order valence-electron chi connectivity index (χ3n) is 3.19. The monoisotopic (exact) mass is 266 g/mol. The number of hydrogen-bond donors (Lipinski definition) is 2. The SMILES string of the molecule is Cn1c(NC(=O)c2ccc(N)cc2)nc2ccccc21. The van der Waals surface area contributed by atoms with Crippen LogP contribution in [-0.2, 0) is 7.05 Å². The van der Waals surface area contributed by atoms with Gasteiger partial charge in [-0.15, -0.1) is 0 Å². The van der Waals surface area contributed by atoms with E-state index in [4.69, 9.17) is 5.73 Å². The molecule has 1 amide bonds. The first kappa shape index (κ1) is 12.2. The first-order chi connectivity index (χ1) is 9.65. The number of nitrogens with two attached hydrogens (primary N) is 1. The van der Waals surface area contributed by atoms with Crippen molar-refractivity contribution in [2.75, 3.05) is 11.1 Å². The molecule has 0 fully saturated rings. The molecule has 0 aliphatic heterocycles. The van der Waals surface area contributed by atoms with Crippen LogP contribution in [0.4, 0.5) is 11.6 Å². The molecule has 5 nitrogen and oxygen atoms in total. The van der Waals surface area contributed by atoms with Gasteiger partial charge in [-0.1, -0.05) is 12.1 Å². The number of nitrogens with zero attached hydrogens (tertiary/aromatic N) is 2. The maximum absolute atomic E-state index is 12.1. The van der Waals surface area contributed by atoms with E-state index in [1.165, 1.54) is 0 Å². The number of benzene rings is 2. The summed E-state index contributed by atoms with van der Waals surface area (Å²) < 4.78 is 1.85. The maximum Gasteiger partial charge on any atom is 0.257 e. The van der Waals surface area contributed by atoms with Crippen molar-refractivity contribution in [1.82, 2.24) is 9.55 Å². The molecule has 0 bridgehead atoms. The van der Waals surface area contributed by atoms with Crippen LogP contribution in [0.2, 0.25) is 0 Å². The van der Waals surface area contributed by atoms with Crippen LogP contribution >= 0.6 is 0 Å². The minimum Gasteiger partial charge on any atom is -0.399 e. The number of nitrogens with one attached hydrogen (secondary N) is 1. The Morgan fingerprint density at radius 2 is 1.85 bits per heavy atom. The zero-order valence-corrected chi connectivity index (χ0v) is 11.0. The topological polar surface area (TPSA) is 72.9 Å². The molecule has 100 valence electrons. The van der Waals surface area contributed by atoms with Crippen molar-refractivity contribution in [3.63, 3.8) is 0 Å². The number of carbonyl (C=O) groups excluding carboxylic acids is 1. The Labute approximate surface area is 116 Å². The third-order valence-corrected chi connectivity index (χ3v) is 3.19. The number of amides is 1. The van der Waals surface area contributed by atoms with Gasteiger partial charge in [-0.3, -0.25) is 10.1 Å². The lowest BCUT2D eigenvalue weighted by Gasteiger charge is -2.05. The first-order valence-corrected chi connectivity index (χ1v) is 6.23. The summed E-state index contributed by atoms with van der Waals surface area (Å²) in [5.41, 5.74) is 8.60. The minimum atomic E-state index is -0.205. The van der Waals surface area contributed by atoms with E-state index in [2.05, 4.69) is 10.3 Å². The van der Waals surface area contributed by atoms with E-state index in [1.807, 2.05) is 35.9 Å². The summed E-state index contributed by atoms with van der Waals surface area (Å²) >= 11 is 0. The number of fused-ring (bicyclic) bond motifs is 1. The third kappa shape index (κ3) is 2.09. The van der Waals surface area contributed by atoms with E-state index >= 15 is 0 Å². The average Bonchev–Trinajstić information content (AvgIpc) is 2.77. The zero-order chi connectivity index (χ0) is 14.1. The quantitative estimate of drug-likeness (QED) is 0.699. The van der Waals surface area contributed by atoms with Gasteiger partial charge in [0, 0.05) is 18.3 Å². The number of rotatable bonds is 2. The lowest BCUT2D eigenvalue weighted by Crippen LogP contribution is -2.15. The molecule has 1 heterocycles. The largest absolute Gasteiger partial charge is 0.399 e. The Bertz CT molecular complexity index is 774. The van der Waals surface area contributed by atoms with Crippen molar-refractivity contribution < 1.29 is 4.79 Å². The number of para-hydroxylation sites is 2. The molecule has 5 heteroatoms. The lowest BCUT2D eigenvalue weighted by atomic mass is 10.2. The molecule has 0 aliphatic rings. The Morgan fingerprint density at radius 3 is 2.55 bits per heavy atom. The molecular formula is C15H14N4O. The number of carbonyl (C=O) groups is 1. The minimum absolute atomic E-state index is 0.205. The van der Waals surface area contributed by atoms with Crippen LogP contribution in [-0.4, -0.2) is 15.5 Å². The molecule has 1 aromatic heterocycles. The zero-order valence-electron chi connectivity index (χ0n) is 11.0. The van der Waals surface area contributed by atoms with Gasteiger partial charge < -0.3 is 10.3 Å². The van der Waals surface area contributed by atoms with Crippen LogP contribution in [0, 0.1) is 0 Å². The highest BCUT2D eigenvalue weighted by Gasteiger charge is 2.11. The van der Waals surface area contributed by atoms with Gasteiger partial charge in [0.15, 0.2) is 0 Å². The van der Waals surface area contributed by atoms with Crippen molar-refractivity contribution in [2.24, 2.45) is 7.05 Å². The highest BCUT2D eigenvalue weighted by molar-refractivity contribution is 6.04. The van der Waals surface area contributed by atoms with Crippen molar-refractivity contribution in [3.8, 4) is 0 Å². The Morgan fingerprint density at radius 1 is 1.15 bits per heavy atom. The van der Waals surface area contributed by atoms with E-state index < -0.39 is 0 Å². The van der Waals surface area contributed by atoms with Gasteiger partial charge >= 0.3 is 0 Å². The van der Waals surface area contributed by atoms with Crippen LogP contribution in [0.3, 0.4) is 0 Å². The molecule has 20 heavy (non-hydrogen) atoms. The number of aromatic nitrogens is 2. The second-order valence-electron chi connectivity index (χ2n) is 4.56. The fraction of sp³-hybridized carbons (Fsp3) is 0.0667. The van der Waals surface area contributed by atoms with Gasteiger partial charge in [0.2, 0.25) is 5.95 Å². The summed E-state index contributed by atoms with van der Waals surface area (Å²) in [6.45, 7) is 0. The maximum atomic E-state index is 12.1. The molecule has 0 spiro atoms. The second-order valence-corrected chi connectivity index (χ2v) is 4.56. The van der Waals surface area contributed by atoms with Gasteiger partial charge in [0.05, 0.1) is 11.0 Å². The molecular weight excluding hydrogens is 252 g/mol. The Kier molecular flexibility index (Phi) is 2.87. The second kappa shape index (κ2) is 4.70. The number of imidazole rings is 1. The van der Waals surface area contributed by atoms with E-state index in [0.29, 0.717) is 17.2 Å². The predicted molar refractivity (Wildman–Crippen MR) is 79.5 cm³/mol. The summed E-state index contributed by atoms with van der Waals surface area (Å²) in [6, 6.07) is 14.5. The van der Waals surface area contributed by atoms with Gasteiger partial charge in [-0.05, 0) is 36.4 Å². The fourth-order valence-electron chi connectivity index (χ4n) is 2.07. The molecule has 3 N–H and O–H groups in total. The summed E-state index contributed by atoms with van der Waals surface area (Å²) in [7, 11) is 1.87. The van der Waals surface area contributed by atoms with Crippen LogP contribution in [0.25, 0.3) is 11.0 Å². The van der Waals surface area contributed by atoms with Crippen LogP contribution in [0.1, 0.15) is 10.4 Å². The molecule has 0 atom stereocenters. The molecule has 3 aromatic rings. The smallest absolute Gasteiger partial charge is 0.257 e. The molecule has 3 rings (SSSR count). The summed E-state index contributed by atoms with van der Waals surface area (Å²) in [5, 5.41) is 2.81. The number of anilines is 2. The van der Waals surface area contributed by atoms with Gasteiger partial charge in [0.1, 0.15) is 0 Å². The van der Waals surface area contributed by atoms with Crippen LogP contribution < -0.4 is 11.1 Å².